The molecule has 2 bridgehead atoms. The molecule has 10 heteroatoms. The van der Waals surface area contributed by atoms with Crippen LogP contribution in [0.2, 0.25) is 0 Å². The molecule has 3 heterocycles. The van der Waals surface area contributed by atoms with Crippen LogP contribution in [-0.2, 0) is 12.1 Å². The van der Waals surface area contributed by atoms with Crippen molar-refractivity contribution >= 4 is 11.8 Å². The molecule has 1 aliphatic carbocycles. The second-order valence-electron chi connectivity index (χ2n) is 8.34. The van der Waals surface area contributed by atoms with Gasteiger partial charge in [-0.25, -0.2) is 13.2 Å². The van der Waals surface area contributed by atoms with Gasteiger partial charge in [0.1, 0.15) is 23.0 Å². The van der Waals surface area contributed by atoms with Crippen molar-refractivity contribution in [3.8, 4) is 5.75 Å². The highest BCUT2D eigenvalue weighted by Gasteiger charge is 2.61. The van der Waals surface area contributed by atoms with Gasteiger partial charge in [0.25, 0.3) is 11.8 Å². The summed E-state index contributed by atoms with van der Waals surface area (Å²) in [5.74, 6) is -5.41. The Morgan fingerprint density at radius 2 is 1.94 bits per heavy atom. The number of carbonyl (C=O) groups is 2. The third-order valence-electron chi connectivity index (χ3n) is 6.57. The molecule has 31 heavy (non-hydrogen) atoms. The van der Waals surface area contributed by atoms with Crippen molar-refractivity contribution in [3.05, 3.63) is 62.8 Å². The molecule has 0 radical (unpaired) electrons. The fourth-order valence-electron chi connectivity index (χ4n) is 4.89. The average Bonchev–Trinajstić information content (AvgIpc) is 3.41. The largest absolute Gasteiger partial charge is 0.503 e. The molecule has 2 aliphatic heterocycles. The van der Waals surface area contributed by atoms with E-state index >= 15 is 0 Å². The minimum Gasteiger partial charge on any atom is -0.503 e. The monoisotopic (exact) mass is 433 g/mol. The van der Waals surface area contributed by atoms with Gasteiger partial charge in [0.2, 0.25) is 5.43 Å². The van der Waals surface area contributed by atoms with Crippen LogP contribution in [0.1, 0.15) is 45.7 Å². The molecule has 2 amide bonds. The van der Waals surface area contributed by atoms with Crippen molar-refractivity contribution in [2.24, 2.45) is 5.92 Å². The Labute approximate surface area is 174 Å². The molecule has 1 aromatic carbocycles. The first-order valence-corrected chi connectivity index (χ1v) is 9.93. The Morgan fingerprint density at radius 1 is 1.23 bits per heavy atom. The van der Waals surface area contributed by atoms with Gasteiger partial charge in [-0.05, 0) is 25.2 Å². The number of nitrogens with zero attached hydrogens (tertiary/aromatic N) is 2. The van der Waals surface area contributed by atoms with E-state index in [1.165, 1.54) is 10.8 Å². The number of pyridine rings is 1. The van der Waals surface area contributed by atoms with Gasteiger partial charge in [0.05, 0.1) is 5.54 Å². The number of aromatic nitrogens is 1. The van der Waals surface area contributed by atoms with Gasteiger partial charge < -0.3 is 19.9 Å². The van der Waals surface area contributed by atoms with E-state index in [4.69, 9.17) is 0 Å². The van der Waals surface area contributed by atoms with Crippen molar-refractivity contribution in [3.63, 3.8) is 0 Å². The molecular formula is C21H18F3N3O4. The number of aromatic hydroxyl groups is 1. The maximum Gasteiger partial charge on any atom is 0.274 e. The number of rotatable bonds is 3. The van der Waals surface area contributed by atoms with Crippen LogP contribution in [-0.4, -0.2) is 39.5 Å². The fraction of sp³-hybridized carbons (Fsp3) is 0.381. The molecule has 2 atom stereocenters. The molecule has 3 aliphatic rings. The first-order chi connectivity index (χ1) is 14.7. The summed E-state index contributed by atoms with van der Waals surface area (Å²) in [7, 11) is 0. The maximum atomic E-state index is 13.8. The van der Waals surface area contributed by atoms with Crippen molar-refractivity contribution in [2.75, 3.05) is 13.1 Å². The van der Waals surface area contributed by atoms with Gasteiger partial charge in [0.15, 0.2) is 11.4 Å². The molecule has 2 fully saturated rings. The van der Waals surface area contributed by atoms with E-state index in [1.807, 2.05) is 0 Å². The van der Waals surface area contributed by atoms with E-state index in [2.05, 4.69) is 5.32 Å². The van der Waals surface area contributed by atoms with Crippen LogP contribution in [0.15, 0.2) is 23.1 Å². The van der Waals surface area contributed by atoms with E-state index in [0.717, 1.165) is 19.3 Å². The second kappa shape index (κ2) is 6.60. The molecule has 1 aromatic heterocycles. The van der Waals surface area contributed by atoms with E-state index in [-0.39, 0.29) is 11.6 Å². The highest BCUT2D eigenvalue weighted by molar-refractivity contribution is 5.99. The average molecular weight is 433 g/mol. The maximum absolute atomic E-state index is 13.8. The topological polar surface area (TPSA) is 91.6 Å². The van der Waals surface area contributed by atoms with Crippen LogP contribution in [0.4, 0.5) is 13.2 Å². The third-order valence-corrected chi connectivity index (χ3v) is 6.57. The minimum atomic E-state index is -1.17. The number of amides is 2. The Balaban J connectivity index is 1.51. The predicted molar refractivity (Wildman–Crippen MR) is 101 cm³/mol. The zero-order valence-electron chi connectivity index (χ0n) is 16.3. The van der Waals surface area contributed by atoms with Gasteiger partial charge in [-0.15, -0.1) is 0 Å². The Kier molecular flexibility index (Phi) is 4.18. The van der Waals surface area contributed by atoms with E-state index in [0.29, 0.717) is 25.2 Å². The normalized spacial score (nSPS) is 23.6. The third kappa shape index (κ3) is 2.84. The molecule has 2 aromatic rings. The number of carbonyl (C=O) groups excluding carboxylic acids is 2. The predicted octanol–water partition coefficient (Wildman–Crippen LogP) is 1.87. The van der Waals surface area contributed by atoms with Crippen LogP contribution in [0.25, 0.3) is 0 Å². The minimum absolute atomic E-state index is 0.132. The number of hydrogen-bond donors (Lipinski definition) is 2. The lowest BCUT2D eigenvalue weighted by atomic mass is 10.0. The van der Waals surface area contributed by atoms with Crippen molar-refractivity contribution in [1.82, 2.24) is 14.8 Å². The smallest absolute Gasteiger partial charge is 0.274 e. The summed E-state index contributed by atoms with van der Waals surface area (Å²) in [6, 6.07) is 0.972. The highest BCUT2D eigenvalue weighted by atomic mass is 19.1. The van der Waals surface area contributed by atoms with Crippen molar-refractivity contribution in [2.45, 2.75) is 31.3 Å². The Morgan fingerprint density at radius 3 is 2.65 bits per heavy atom. The first kappa shape index (κ1) is 19.7. The van der Waals surface area contributed by atoms with Crippen LogP contribution in [0.3, 0.4) is 0 Å². The van der Waals surface area contributed by atoms with Crippen LogP contribution >= 0.6 is 0 Å². The molecule has 1 saturated heterocycles. The van der Waals surface area contributed by atoms with Gasteiger partial charge in [-0.2, -0.15) is 0 Å². The molecule has 5 rings (SSSR count). The summed E-state index contributed by atoms with van der Waals surface area (Å²) >= 11 is 0. The summed E-state index contributed by atoms with van der Waals surface area (Å²) in [5.41, 5.74) is -2.63. The highest BCUT2D eigenvalue weighted by Crippen LogP contribution is 2.57. The summed E-state index contributed by atoms with van der Waals surface area (Å²) in [5, 5.41) is 12.7. The van der Waals surface area contributed by atoms with Gasteiger partial charge in [-0.3, -0.25) is 14.4 Å². The SMILES string of the molecule is O=C(NCc1c(F)cc(F)cc1F)c1cn2c(c(O)c1=O)C(=O)N1CCC[C@@H]3CC32C1. The molecular weight excluding hydrogens is 415 g/mol. The number of nitrogens with one attached hydrogen (secondary N) is 1. The molecule has 162 valence electrons. The lowest BCUT2D eigenvalue weighted by molar-refractivity contribution is 0.0650. The number of halogens is 3. The van der Waals surface area contributed by atoms with Gasteiger partial charge in [0, 0.05) is 43.5 Å². The van der Waals surface area contributed by atoms with Crippen LogP contribution < -0.4 is 10.7 Å². The van der Waals surface area contributed by atoms with E-state index in [1.54, 1.807) is 4.90 Å². The first-order valence-electron chi connectivity index (χ1n) is 9.93. The van der Waals surface area contributed by atoms with Crippen LogP contribution in [0.5, 0.6) is 5.75 Å². The van der Waals surface area contributed by atoms with E-state index < -0.39 is 63.7 Å². The van der Waals surface area contributed by atoms with Gasteiger partial charge in [-0.1, -0.05) is 0 Å². The molecule has 2 N–H and O–H groups in total. The molecule has 1 saturated carbocycles. The summed E-state index contributed by atoms with van der Waals surface area (Å²) < 4.78 is 42.3. The lowest BCUT2D eigenvalue weighted by Crippen LogP contribution is -2.49. The molecule has 1 spiro atoms. The number of hydrogen-bond acceptors (Lipinski definition) is 4. The summed E-state index contributed by atoms with van der Waals surface area (Å²) in [6.07, 6.45) is 3.73. The fourth-order valence-corrected chi connectivity index (χ4v) is 4.89. The zero-order valence-corrected chi connectivity index (χ0v) is 16.3. The quantitative estimate of drug-likeness (QED) is 0.773. The summed E-state index contributed by atoms with van der Waals surface area (Å²) in [6.45, 7) is 0.361. The zero-order chi connectivity index (χ0) is 22.1. The second-order valence-corrected chi connectivity index (χ2v) is 8.34. The van der Waals surface area contributed by atoms with Gasteiger partial charge >= 0.3 is 0 Å². The van der Waals surface area contributed by atoms with E-state index in [9.17, 15) is 32.7 Å². The lowest BCUT2D eigenvalue weighted by Gasteiger charge is -2.36. The Hall–Kier alpha value is -3.30. The number of fused-ring (bicyclic) bond motifs is 2. The molecule has 7 nitrogen and oxygen atoms in total. The standard InChI is InChI=1S/C21H18F3N3O4/c22-11-4-14(23)12(15(24)5-11)7-25-19(30)13-8-27-16(18(29)17(13)28)20(31)26-3-1-2-10-6-21(10,27)9-26/h4-5,8,10,29H,1-3,6-7,9H2,(H,25,30)/t10-,21?/m1/s1. The Bertz CT molecular complexity index is 1190. The number of benzene rings is 1. The van der Waals surface area contributed by atoms with Crippen molar-refractivity contribution < 1.29 is 27.9 Å². The van der Waals surface area contributed by atoms with Crippen molar-refractivity contribution in [1.29, 1.82) is 0 Å². The van der Waals surface area contributed by atoms with Crippen LogP contribution in [0, 0.1) is 23.4 Å². The molecule has 1 unspecified atom stereocenters. The summed E-state index contributed by atoms with van der Waals surface area (Å²) in [4.78, 5) is 39.7.